The molecule has 3 aromatic rings. The Kier molecular flexibility index (Phi) is 12.6. The van der Waals surface area contributed by atoms with Crippen LogP contribution in [0.3, 0.4) is 0 Å². The summed E-state index contributed by atoms with van der Waals surface area (Å²) in [4.78, 5) is 0. The molecule has 0 amide bonds. The molecule has 2 aromatic carbocycles. The van der Waals surface area contributed by atoms with Crippen LogP contribution in [0.2, 0.25) is 0 Å². The van der Waals surface area contributed by atoms with Gasteiger partial charge in [-0.25, -0.2) is 4.68 Å². The first-order valence-electron chi connectivity index (χ1n) is 14.2. The topological polar surface area (TPSA) is 36.3 Å². The summed E-state index contributed by atoms with van der Waals surface area (Å²) < 4.78 is 13.8. The number of benzene rings is 2. The van der Waals surface area contributed by atoms with Gasteiger partial charge in [0.05, 0.1) is 24.4 Å². The zero-order valence-corrected chi connectivity index (χ0v) is 22.1. The van der Waals surface area contributed by atoms with Crippen molar-refractivity contribution in [3.63, 3.8) is 0 Å². The minimum absolute atomic E-state index is 0.778. The summed E-state index contributed by atoms with van der Waals surface area (Å²) in [6.07, 6.45) is 20.4. The largest absolute Gasteiger partial charge is 0.494 e. The minimum Gasteiger partial charge on any atom is -0.494 e. The van der Waals surface area contributed by atoms with Gasteiger partial charge in [0.15, 0.2) is 0 Å². The molecular formula is C31H46N2O2. The number of aromatic nitrogens is 2. The third kappa shape index (κ3) is 9.95. The van der Waals surface area contributed by atoms with Crippen molar-refractivity contribution in [3.05, 3.63) is 48.7 Å². The second-order valence-electron chi connectivity index (χ2n) is 9.73. The van der Waals surface area contributed by atoms with Crippen molar-refractivity contribution in [1.29, 1.82) is 0 Å². The Labute approximate surface area is 213 Å². The van der Waals surface area contributed by atoms with Crippen LogP contribution in [-0.4, -0.2) is 23.0 Å². The molecule has 0 aliphatic heterocycles. The van der Waals surface area contributed by atoms with Crippen LogP contribution in [0.1, 0.15) is 104 Å². The van der Waals surface area contributed by atoms with Gasteiger partial charge >= 0.3 is 0 Å². The van der Waals surface area contributed by atoms with Gasteiger partial charge in [0.25, 0.3) is 0 Å². The average Bonchev–Trinajstić information content (AvgIpc) is 3.31. The standard InChI is InChI=1S/C31H46N2O2/c1-3-5-7-9-10-11-12-13-14-16-23-34-29-19-17-28(18-20-29)33-26-27-25-30(21-22-31(27)32-33)35-24-15-8-6-4-2/h17-22,25-26H,3-16,23-24H2,1-2H3. The zero-order chi connectivity index (χ0) is 24.6. The minimum atomic E-state index is 0.778. The number of fused-ring (bicyclic) bond motifs is 1. The zero-order valence-electron chi connectivity index (χ0n) is 22.1. The third-order valence-corrected chi connectivity index (χ3v) is 6.61. The van der Waals surface area contributed by atoms with E-state index in [1.54, 1.807) is 0 Å². The van der Waals surface area contributed by atoms with Crippen molar-refractivity contribution in [2.75, 3.05) is 13.2 Å². The van der Waals surface area contributed by atoms with Crippen LogP contribution in [0.5, 0.6) is 11.5 Å². The molecule has 35 heavy (non-hydrogen) atoms. The van der Waals surface area contributed by atoms with E-state index in [2.05, 4.69) is 38.2 Å². The fourth-order valence-corrected chi connectivity index (χ4v) is 4.42. The molecule has 0 fully saturated rings. The maximum absolute atomic E-state index is 5.96. The Balaban J connectivity index is 1.36. The highest BCUT2D eigenvalue weighted by Gasteiger charge is 2.05. The highest BCUT2D eigenvalue weighted by atomic mass is 16.5. The van der Waals surface area contributed by atoms with Gasteiger partial charge in [-0.2, -0.15) is 5.10 Å². The Morgan fingerprint density at radius 1 is 0.600 bits per heavy atom. The predicted molar refractivity (Wildman–Crippen MR) is 148 cm³/mol. The first kappa shape index (κ1) is 27.1. The van der Waals surface area contributed by atoms with Gasteiger partial charge in [0, 0.05) is 11.6 Å². The summed E-state index contributed by atoms with van der Waals surface area (Å²) >= 11 is 0. The molecule has 0 radical (unpaired) electrons. The summed E-state index contributed by atoms with van der Waals surface area (Å²) in [6.45, 7) is 6.08. The van der Waals surface area contributed by atoms with Gasteiger partial charge in [-0.1, -0.05) is 90.9 Å². The Morgan fingerprint density at radius 2 is 1.11 bits per heavy atom. The number of hydrogen-bond acceptors (Lipinski definition) is 3. The van der Waals surface area contributed by atoms with Crippen LogP contribution in [0, 0.1) is 0 Å². The SMILES string of the molecule is CCCCCCCCCCCCOc1ccc(-n2cc3cc(OCCCCCC)ccc3n2)cc1. The van der Waals surface area contributed by atoms with Crippen molar-refractivity contribution < 1.29 is 9.47 Å². The maximum atomic E-state index is 5.96. The second kappa shape index (κ2) is 16.2. The molecule has 0 atom stereocenters. The monoisotopic (exact) mass is 478 g/mol. The highest BCUT2D eigenvalue weighted by Crippen LogP contribution is 2.23. The van der Waals surface area contributed by atoms with E-state index in [1.807, 2.05) is 28.9 Å². The predicted octanol–water partition coefficient (Wildman–Crippen LogP) is 9.28. The molecule has 0 aliphatic carbocycles. The average molecular weight is 479 g/mol. The summed E-state index contributed by atoms with van der Waals surface area (Å²) in [5.41, 5.74) is 2.01. The molecule has 0 saturated heterocycles. The van der Waals surface area contributed by atoms with Crippen LogP contribution in [0.4, 0.5) is 0 Å². The van der Waals surface area contributed by atoms with E-state index in [0.717, 1.165) is 54.1 Å². The van der Waals surface area contributed by atoms with E-state index in [-0.39, 0.29) is 0 Å². The van der Waals surface area contributed by atoms with Crippen molar-refractivity contribution in [1.82, 2.24) is 9.78 Å². The quantitative estimate of drug-likeness (QED) is 0.161. The number of ether oxygens (including phenoxy) is 2. The van der Waals surface area contributed by atoms with Gasteiger partial charge < -0.3 is 9.47 Å². The highest BCUT2D eigenvalue weighted by molar-refractivity contribution is 5.80. The lowest BCUT2D eigenvalue weighted by molar-refractivity contribution is 0.304. The number of unbranched alkanes of at least 4 members (excludes halogenated alkanes) is 12. The van der Waals surface area contributed by atoms with Crippen LogP contribution in [-0.2, 0) is 0 Å². The van der Waals surface area contributed by atoms with E-state index in [9.17, 15) is 0 Å². The van der Waals surface area contributed by atoms with Gasteiger partial charge in [-0.15, -0.1) is 0 Å². The van der Waals surface area contributed by atoms with E-state index in [4.69, 9.17) is 14.6 Å². The van der Waals surface area contributed by atoms with Crippen molar-refractivity contribution in [3.8, 4) is 17.2 Å². The third-order valence-electron chi connectivity index (χ3n) is 6.61. The van der Waals surface area contributed by atoms with Gasteiger partial charge in [-0.05, 0) is 55.3 Å². The fourth-order valence-electron chi connectivity index (χ4n) is 4.42. The normalized spacial score (nSPS) is 11.3. The first-order valence-corrected chi connectivity index (χ1v) is 14.2. The molecule has 0 bridgehead atoms. The molecule has 0 spiro atoms. The fraction of sp³-hybridized carbons (Fsp3) is 0.581. The molecular weight excluding hydrogens is 432 g/mol. The van der Waals surface area contributed by atoms with E-state index in [0.29, 0.717) is 0 Å². The Morgan fingerprint density at radius 3 is 1.74 bits per heavy atom. The number of nitrogens with zero attached hydrogens (tertiary/aromatic N) is 2. The lowest BCUT2D eigenvalue weighted by atomic mass is 10.1. The summed E-state index contributed by atoms with van der Waals surface area (Å²) in [7, 11) is 0. The first-order chi connectivity index (χ1) is 17.3. The molecule has 4 heteroatoms. The molecule has 0 aliphatic rings. The lowest BCUT2D eigenvalue weighted by Gasteiger charge is -2.07. The summed E-state index contributed by atoms with van der Waals surface area (Å²) in [5.74, 6) is 1.85. The number of hydrogen-bond donors (Lipinski definition) is 0. The van der Waals surface area contributed by atoms with Crippen molar-refractivity contribution in [2.24, 2.45) is 0 Å². The Hall–Kier alpha value is -2.49. The van der Waals surface area contributed by atoms with E-state index < -0.39 is 0 Å². The molecule has 4 nitrogen and oxygen atoms in total. The molecule has 0 N–H and O–H groups in total. The lowest BCUT2D eigenvalue weighted by Crippen LogP contribution is -1.98. The van der Waals surface area contributed by atoms with Crippen LogP contribution < -0.4 is 9.47 Å². The van der Waals surface area contributed by atoms with Crippen LogP contribution in [0.15, 0.2) is 48.7 Å². The van der Waals surface area contributed by atoms with Crippen molar-refractivity contribution >= 4 is 10.9 Å². The molecule has 3 rings (SSSR count). The van der Waals surface area contributed by atoms with Crippen LogP contribution in [0.25, 0.3) is 16.6 Å². The number of rotatable bonds is 19. The van der Waals surface area contributed by atoms with E-state index in [1.165, 1.54) is 77.0 Å². The van der Waals surface area contributed by atoms with Gasteiger partial charge in [0.2, 0.25) is 0 Å². The maximum Gasteiger partial charge on any atom is 0.120 e. The van der Waals surface area contributed by atoms with Crippen molar-refractivity contribution in [2.45, 2.75) is 104 Å². The summed E-state index contributed by atoms with van der Waals surface area (Å²) in [6, 6.07) is 14.4. The molecule has 192 valence electrons. The van der Waals surface area contributed by atoms with Gasteiger partial charge in [-0.3, -0.25) is 0 Å². The molecule has 0 saturated carbocycles. The molecule has 0 unspecified atom stereocenters. The summed E-state index contributed by atoms with van der Waals surface area (Å²) in [5, 5.41) is 5.82. The Bertz CT molecular complexity index is 948. The van der Waals surface area contributed by atoms with Crippen LogP contribution >= 0.6 is 0 Å². The van der Waals surface area contributed by atoms with E-state index >= 15 is 0 Å². The second-order valence-corrected chi connectivity index (χ2v) is 9.73. The smallest absolute Gasteiger partial charge is 0.120 e. The molecule has 1 heterocycles. The molecule has 1 aromatic heterocycles. The van der Waals surface area contributed by atoms with Gasteiger partial charge in [0.1, 0.15) is 11.5 Å².